The normalized spacial score (nSPS) is 12.9. The highest BCUT2D eigenvalue weighted by atomic mass is 16.6. The van der Waals surface area contributed by atoms with Crippen LogP contribution in [0.5, 0.6) is 5.75 Å². The fourth-order valence-electron chi connectivity index (χ4n) is 1.51. The van der Waals surface area contributed by atoms with Gasteiger partial charge in [-0.05, 0) is 38.5 Å². The Morgan fingerprint density at radius 1 is 1.42 bits per heavy atom. The molecule has 1 aromatic rings. The number of hydrogen-bond acceptors (Lipinski definition) is 4. The molecule has 0 saturated carbocycles. The molecule has 0 aliphatic carbocycles. The number of carbonyl (C=O) groups is 1. The van der Waals surface area contributed by atoms with E-state index in [0.29, 0.717) is 5.56 Å². The number of nitrogens with zero attached hydrogens (tertiary/aromatic N) is 1. The van der Waals surface area contributed by atoms with E-state index in [1.807, 2.05) is 0 Å². The minimum Gasteiger partial charge on any atom is -0.508 e. The molecule has 1 unspecified atom stereocenters. The van der Waals surface area contributed by atoms with Gasteiger partial charge in [-0.2, -0.15) is 0 Å². The smallest absolute Gasteiger partial charge is 0.410 e. The molecular weight excluding hydrogens is 246 g/mol. The van der Waals surface area contributed by atoms with E-state index in [9.17, 15) is 15.0 Å². The van der Waals surface area contributed by atoms with Gasteiger partial charge >= 0.3 is 6.09 Å². The molecule has 1 rings (SSSR count). The summed E-state index contributed by atoms with van der Waals surface area (Å²) in [7, 11) is 1.56. The monoisotopic (exact) mass is 267 g/mol. The molecule has 0 aliphatic heterocycles. The zero-order valence-electron chi connectivity index (χ0n) is 11.8. The molecule has 0 saturated heterocycles. The van der Waals surface area contributed by atoms with Gasteiger partial charge in [0.15, 0.2) is 0 Å². The van der Waals surface area contributed by atoms with Crippen molar-refractivity contribution in [3.8, 4) is 5.75 Å². The van der Waals surface area contributed by atoms with Crippen molar-refractivity contribution in [3.63, 3.8) is 0 Å². The predicted molar refractivity (Wildman–Crippen MR) is 71.9 cm³/mol. The van der Waals surface area contributed by atoms with Gasteiger partial charge < -0.3 is 19.8 Å². The summed E-state index contributed by atoms with van der Waals surface area (Å²) in [6, 6.07) is 6.32. The van der Waals surface area contributed by atoms with E-state index in [4.69, 9.17) is 4.74 Å². The molecule has 1 aromatic carbocycles. The molecule has 5 nitrogen and oxygen atoms in total. The number of phenolic OH excluding ortho intramolecular Hbond substituents is 1. The van der Waals surface area contributed by atoms with Crippen LogP contribution in [-0.4, -0.2) is 40.4 Å². The third kappa shape index (κ3) is 5.18. The van der Waals surface area contributed by atoms with E-state index in [0.717, 1.165) is 0 Å². The maximum absolute atomic E-state index is 11.7. The Bertz CT molecular complexity index is 439. The van der Waals surface area contributed by atoms with Gasteiger partial charge in [0.25, 0.3) is 0 Å². The van der Waals surface area contributed by atoms with Crippen molar-refractivity contribution >= 4 is 6.09 Å². The second-order valence-corrected chi connectivity index (χ2v) is 5.47. The van der Waals surface area contributed by atoms with Crippen LogP contribution >= 0.6 is 0 Å². The SMILES string of the molecule is CN(CC(O)c1cccc(O)c1)C(=O)OC(C)(C)C. The van der Waals surface area contributed by atoms with Crippen LogP contribution in [0.2, 0.25) is 0 Å². The zero-order valence-corrected chi connectivity index (χ0v) is 11.8. The van der Waals surface area contributed by atoms with Crippen LogP contribution in [0, 0.1) is 0 Å². The van der Waals surface area contributed by atoms with Crippen LogP contribution in [0.25, 0.3) is 0 Å². The lowest BCUT2D eigenvalue weighted by molar-refractivity contribution is 0.0205. The molecule has 0 radical (unpaired) electrons. The molecule has 106 valence electrons. The Hall–Kier alpha value is -1.75. The van der Waals surface area contributed by atoms with E-state index in [-0.39, 0.29) is 12.3 Å². The number of aromatic hydroxyl groups is 1. The van der Waals surface area contributed by atoms with Crippen LogP contribution in [-0.2, 0) is 4.74 Å². The van der Waals surface area contributed by atoms with Gasteiger partial charge in [0, 0.05) is 7.05 Å². The van der Waals surface area contributed by atoms with E-state index in [2.05, 4.69) is 0 Å². The van der Waals surface area contributed by atoms with Crippen molar-refractivity contribution in [2.75, 3.05) is 13.6 Å². The molecule has 0 heterocycles. The number of benzene rings is 1. The fraction of sp³-hybridized carbons (Fsp3) is 0.500. The van der Waals surface area contributed by atoms with Crippen LogP contribution in [0.3, 0.4) is 0 Å². The third-order valence-electron chi connectivity index (χ3n) is 2.41. The Kier molecular flexibility index (Phi) is 4.78. The highest BCUT2D eigenvalue weighted by Gasteiger charge is 2.21. The van der Waals surface area contributed by atoms with E-state index in [1.165, 1.54) is 17.0 Å². The van der Waals surface area contributed by atoms with E-state index < -0.39 is 17.8 Å². The first kappa shape index (κ1) is 15.3. The molecule has 1 atom stereocenters. The lowest BCUT2D eigenvalue weighted by Gasteiger charge is -2.26. The van der Waals surface area contributed by atoms with Crippen LogP contribution in [0.1, 0.15) is 32.4 Å². The number of hydrogen-bond donors (Lipinski definition) is 2. The lowest BCUT2D eigenvalue weighted by atomic mass is 10.1. The Morgan fingerprint density at radius 3 is 2.58 bits per heavy atom. The Balaban J connectivity index is 2.61. The van der Waals surface area contributed by atoms with Gasteiger partial charge in [0.1, 0.15) is 11.4 Å². The number of likely N-dealkylation sites (N-methyl/N-ethyl adjacent to an activating group) is 1. The van der Waals surface area contributed by atoms with Gasteiger partial charge in [-0.15, -0.1) is 0 Å². The molecule has 0 aromatic heterocycles. The number of aliphatic hydroxyl groups excluding tert-OH is 1. The largest absolute Gasteiger partial charge is 0.508 e. The molecule has 0 aliphatic rings. The van der Waals surface area contributed by atoms with Crippen LogP contribution in [0.15, 0.2) is 24.3 Å². The number of rotatable bonds is 3. The molecular formula is C14H21NO4. The number of carbonyl (C=O) groups excluding carboxylic acids is 1. The number of amides is 1. The highest BCUT2D eigenvalue weighted by Crippen LogP contribution is 2.19. The number of ether oxygens (including phenoxy) is 1. The summed E-state index contributed by atoms with van der Waals surface area (Å²) >= 11 is 0. The van der Waals surface area contributed by atoms with Crippen molar-refractivity contribution < 1.29 is 19.7 Å². The van der Waals surface area contributed by atoms with Crippen molar-refractivity contribution in [1.29, 1.82) is 0 Å². The highest BCUT2D eigenvalue weighted by molar-refractivity contribution is 5.67. The maximum Gasteiger partial charge on any atom is 0.410 e. The molecule has 1 amide bonds. The molecule has 2 N–H and O–H groups in total. The molecule has 0 fully saturated rings. The third-order valence-corrected chi connectivity index (χ3v) is 2.41. The Morgan fingerprint density at radius 2 is 2.05 bits per heavy atom. The second-order valence-electron chi connectivity index (χ2n) is 5.47. The first-order valence-corrected chi connectivity index (χ1v) is 6.10. The summed E-state index contributed by atoms with van der Waals surface area (Å²) in [5, 5.41) is 19.3. The number of aliphatic hydroxyl groups is 1. The topological polar surface area (TPSA) is 70.0 Å². The summed E-state index contributed by atoms with van der Waals surface area (Å²) in [6.07, 6.45) is -1.36. The molecule has 5 heteroatoms. The molecule has 0 bridgehead atoms. The molecule has 19 heavy (non-hydrogen) atoms. The van der Waals surface area contributed by atoms with Crippen molar-refractivity contribution in [2.24, 2.45) is 0 Å². The van der Waals surface area contributed by atoms with Crippen molar-refractivity contribution in [3.05, 3.63) is 29.8 Å². The summed E-state index contributed by atoms with van der Waals surface area (Å²) in [5.41, 5.74) is -0.0168. The quantitative estimate of drug-likeness (QED) is 0.881. The lowest BCUT2D eigenvalue weighted by Crippen LogP contribution is -2.36. The van der Waals surface area contributed by atoms with Gasteiger partial charge in [0.05, 0.1) is 12.6 Å². The predicted octanol–water partition coefficient (Wildman–Crippen LogP) is 2.29. The summed E-state index contributed by atoms with van der Waals surface area (Å²) in [6.45, 7) is 5.44. The Labute approximate surface area is 113 Å². The van der Waals surface area contributed by atoms with Gasteiger partial charge in [-0.3, -0.25) is 0 Å². The standard InChI is InChI=1S/C14H21NO4/c1-14(2,3)19-13(18)15(4)9-12(17)10-6-5-7-11(16)8-10/h5-8,12,16-17H,9H2,1-4H3. The van der Waals surface area contributed by atoms with Gasteiger partial charge in [-0.25, -0.2) is 4.79 Å². The van der Waals surface area contributed by atoms with Crippen molar-refractivity contribution in [2.45, 2.75) is 32.5 Å². The average Bonchev–Trinajstić information content (AvgIpc) is 2.26. The zero-order chi connectivity index (χ0) is 14.6. The summed E-state index contributed by atoms with van der Waals surface area (Å²) in [4.78, 5) is 13.0. The van der Waals surface area contributed by atoms with E-state index in [1.54, 1.807) is 40.0 Å². The minimum absolute atomic E-state index is 0.0801. The fourth-order valence-corrected chi connectivity index (χ4v) is 1.51. The summed E-state index contributed by atoms with van der Waals surface area (Å²) in [5.74, 6) is 0.0801. The van der Waals surface area contributed by atoms with Crippen LogP contribution in [0.4, 0.5) is 4.79 Å². The van der Waals surface area contributed by atoms with Gasteiger partial charge in [0.2, 0.25) is 0 Å². The minimum atomic E-state index is -0.871. The van der Waals surface area contributed by atoms with E-state index >= 15 is 0 Å². The van der Waals surface area contributed by atoms with Crippen molar-refractivity contribution in [1.82, 2.24) is 4.90 Å². The average molecular weight is 267 g/mol. The van der Waals surface area contributed by atoms with Crippen LogP contribution < -0.4 is 0 Å². The second kappa shape index (κ2) is 5.93. The summed E-state index contributed by atoms with van der Waals surface area (Å²) < 4.78 is 5.19. The first-order chi connectivity index (χ1) is 8.69. The number of phenols is 1. The van der Waals surface area contributed by atoms with Gasteiger partial charge in [-0.1, -0.05) is 12.1 Å². The first-order valence-electron chi connectivity index (χ1n) is 6.10. The maximum atomic E-state index is 11.7. The molecule has 0 spiro atoms.